The predicted octanol–water partition coefficient (Wildman–Crippen LogP) is 0.795. The smallest absolute Gasteiger partial charge is 0.0300 e. The first kappa shape index (κ1) is 9.62. The second-order valence-corrected chi connectivity index (χ2v) is 3.83. The molecule has 1 saturated heterocycles. The lowest BCUT2D eigenvalue weighted by Crippen LogP contribution is -2.42. The third-order valence-corrected chi connectivity index (χ3v) is 2.74. The Morgan fingerprint density at radius 2 is 2.21 bits per heavy atom. The van der Waals surface area contributed by atoms with Gasteiger partial charge in [0.25, 0.3) is 0 Å². The van der Waals surface area contributed by atoms with Gasteiger partial charge >= 0.3 is 0 Å². The van der Waals surface area contributed by atoms with Crippen molar-refractivity contribution in [2.45, 2.75) is 13.5 Å². The molecule has 2 rings (SSSR count). The third-order valence-electron chi connectivity index (χ3n) is 2.74. The van der Waals surface area contributed by atoms with Crippen molar-refractivity contribution in [3.8, 4) is 0 Å². The zero-order valence-electron chi connectivity index (χ0n) is 8.66. The summed E-state index contributed by atoms with van der Waals surface area (Å²) in [6.45, 7) is 7.73. The molecule has 1 aromatic heterocycles. The molecule has 14 heavy (non-hydrogen) atoms. The number of pyridine rings is 1. The van der Waals surface area contributed by atoms with Crippen molar-refractivity contribution in [1.82, 2.24) is 15.2 Å². The summed E-state index contributed by atoms with van der Waals surface area (Å²) < 4.78 is 0. The second kappa shape index (κ2) is 4.53. The first-order valence-corrected chi connectivity index (χ1v) is 5.19. The molecule has 1 aliphatic rings. The average molecular weight is 191 g/mol. The van der Waals surface area contributed by atoms with Gasteiger partial charge in [0, 0.05) is 45.1 Å². The molecular formula is C11H17N3. The van der Waals surface area contributed by atoms with Crippen LogP contribution in [0.3, 0.4) is 0 Å². The molecule has 3 heteroatoms. The van der Waals surface area contributed by atoms with Crippen LogP contribution in [0.25, 0.3) is 0 Å². The average Bonchev–Trinajstić information content (AvgIpc) is 2.23. The van der Waals surface area contributed by atoms with Gasteiger partial charge in [-0.2, -0.15) is 0 Å². The normalized spacial score (nSPS) is 18.4. The lowest BCUT2D eigenvalue weighted by atomic mass is 10.1. The summed E-state index contributed by atoms with van der Waals surface area (Å²) >= 11 is 0. The van der Waals surface area contributed by atoms with Gasteiger partial charge in [0.15, 0.2) is 0 Å². The van der Waals surface area contributed by atoms with E-state index in [1.54, 1.807) is 0 Å². The maximum atomic E-state index is 4.11. The van der Waals surface area contributed by atoms with E-state index in [2.05, 4.69) is 28.2 Å². The highest BCUT2D eigenvalue weighted by atomic mass is 15.2. The van der Waals surface area contributed by atoms with Crippen LogP contribution in [0.2, 0.25) is 0 Å². The van der Waals surface area contributed by atoms with E-state index in [1.165, 1.54) is 11.1 Å². The van der Waals surface area contributed by atoms with E-state index in [-0.39, 0.29) is 0 Å². The molecule has 1 fully saturated rings. The molecule has 0 amide bonds. The van der Waals surface area contributed by atoms with Crippen molar-refractivity contribution >= 4 is 0 Å². The number of nitrogens with zero attached hydrogens (tertiary/aromatic N) is 2. The Labute approximate surface area is 85.1 Å². The summed E-state index contributed by atoms with van der Waals surface area (Å²) in [5, 5.41) is 3.36. The van der Waals surface area contributed by atoms with Crippen molar-refractivity contribution in [2.24, 2.45) is 0 Å². The zero-order chi connectivity index (χ0) is 9.80. The predicted molar refractivity (Wildman–Crippen MR) is 57.1 cm³/mol. The molecule has 0 saturated carbocycles. The minimum Gasteiger partial charge on any atom is -0.314 e. The van der Waals surface area contributed by atoms with E-state index in [4.69, 9.17) is 0 Å². The topological polar surface area (TPSA) is 28.2 Å². The quantitative estimate of drug-likeness (QED) is 0.749. The second-order valence-electron chi connectivity index (χ2n) is 3.83. The zero-order valence-corrected chi connectivity index (χ0v) is 8.66. The first-order chi connectivity index (χ1) is 6.86. The summed E-state index contributed by atoms with van der Waals surface area (Å²) in [5.74, 6) is 0. The van der Waals surface area contributed by atoms with Gasteiger partial charge in [-0.05, 0) is 24.1 Å². The van der Waals surface area contributed by atoms with Gasteiger partial charge in [-0.25, -0.2) is 0 Å². The van der Waals surface area contributed by atoms with Gasteiger partial charge in [0.2, 0.25) is 0 Å². The molecule has 1 aromatic rings. The number of hydrogen-bond acceptors (Lipinski definition) is 3. The Hall–Kier alpha value is -0.930. The number of rotatable bonds is 2. The molecular weight excluding hydrogens is 174 g/mol. The van der Waals surface area contributed by atoms with Crippen molar-refractivity contribution in [3.05, 3.63) is 29.6 Å². The van der Waals surface area contributed by atoms with Gasteiger partial charge in [-0.3, -0.25) is 9.88 Å². The van der Waals surface area contributed by atoms with Crippen LogP contribution in [0.15, 0.2) is 18.5 Å². The highest BCUT2D eigenvalue weighted by Crippen LogP contribution is 2.09. The molecule has 3 nitrogen and oxygen atoms in total. The van der Waals surface area contributed by atoms with Crippen LogP contribution in [0, 0.1) is 6.92 Å². The van der Waals surface area contributed by atoms with Gasteiger partial charge in [0.05, 0.1) is 0 Å². The monoisotopic (exact) mass is 191 g/mol. The SMILES string of the molecule is Cc1cnccc1CN1CCNCC1. The Kier molecular flexibility index (Phi) is 3.11. The van der Waals surface area contributed by atoms with Crippen LogP contribution >= 0.6 is 0 Å². The van der Waals surface area contributed by atoms with E-state index in [0.29, 0.717) is 0 Å². The van der Waals surface area contributed by atoms with E-state index >= 15 is 0 Å². The summed E-state index contributed by atoms with van der Waals surface area (Å²) in [4.78, 5) is 6.59. The van der Waals surface area contributed by atoms with Crippen molar-refractivity contribution < 1.29 is 0 Å². The van der Waals surface area contributed by atoms with Gasteiger partial charge < -0.3 is 5.32 Å². The molecule has 1 aliphatic heterocycles. The van der Waals surface area contributed by atoms with Crippen LogP contribution in [0.4, 0.5) is 0 Å². The molecule has 0 aliphatic carbocycles. The van der Waals surface area contributed by atoms with E-state index in [0.717, 1.165) is 32.7 Å². The molecule has 0 spiro atoms. The van der Waals surface area contributed by atoms with Crippen LogP contribution in [0.5, 0.6) is 0 Å². The molecule has 2 heterocycles. The number of piperazine rings is 1. The Bertz CT molecular complexity index is 292. The number of hydrogen-bond donors (Lipinski definition) is 1. The standard InChI is InChI=1S/C11H17N3/c1-10-8-13-3-2-11(10)9-14-6-4-12-5-7-14/h2-3,8,12H,4-7,9H2,1H3. The molecule has 1 N–H and O–H groups in total. The Balaban J connectivity index is 1.99. The molecule has 0 radical (unpaired) electrons. The third kappa shape index (κ3) is 2.30. The Morgan fingerprint density at radius 3 is 2.93 bits per heavy atom. The summed E-state index contributed by atoms with van der Waals surface area (Å²) in [7, 11) is 0. The lowest BCUT2D eigenvalue weighted by molar-refractivity contribution is 0.233. The number of aryl methyl sites for hydroxylation is 1. The van der Waals surface area contributed by atoms with Crippen molar-refractivity contribution in [1.29, 1.82) is 0 Å². The van der Waals surface area contributed by atoms with Crippen molar-refractivity contribution in [2.75, 3.05) is 26.2 Å². The van der Waals surface area contributed by atoms with Gasteiger partial charge in [0.1, 0.15) is 0 Å². The fourth-order valence-electron chi connectivity index (χ4n) is 1.79. The summed E-state index contributed by atoms with van der Waals surface area (Å²) in [6, 6.07) is 2.12. The highest BCUT2D eigenvalue weighted by molar-refractivity contribution is 5.21. The Morgan fingerprint density at radius 1 is 1.43 bits per heavy atom. The fraction of sp³-hybridized carbons (Fsp3) is 0.545. The maximum Gasteiger partial charge on any atom is 0.0300 e. The van der Waals surface area contributed by atoms with Gasteiger partial charge in [-0.15, -0.1) is 0 Å². The first-order valence-electron chi connectivity index (χ1n) is 5.19. The van der Waals surface area contributed by atoms with E-state index in [1.807, 2.05) is 12.4 Å². The number of aromatic nitrogens is 1. The number of nitrogens with one attached hydrogen (secondary N) is 1. The van der Waals surface area contributed by atoms with E-state index < -0.39 is 0 Å². The molecule has 0 bridgehead atoms. The van der Waals surface area contributed by atoms with Crippen LogP contribution < -0.4 is 5.32 Å². The molecule has 76 valence electrons. The van der Waals surface area contributed by atoms with Crippen LogP contribution in [0.1, 0.15) is 11.1 Å². The molecule has 0 aromatic carbocycles. The largest absolute Gasteiger partial charge is 0.314 e. The minimum atomic E-state index is 1.07. The summed E-state index contributed by atoms with van der Waals surface area (Å²) in [5.41, 5.74) is 2.70. The van der Waals surface area contributed by atoms with Crippen molar-refractivity contribution in [3.63, 3.8) is 0 Å². The fourth-order valence-corrected chi connectivity index (χ4v) is 1.79. The maximum absolute atomic E-state index is 4.11. The molecule has 0 unspecified atom stereocenters. The van der Waals surface area contributed by atoms with Crippen LogP contribution in [-0.4, -0.2) is 36.1 Å². The minimum absolute atomic E-state index is 1.07. The lowest BCUT2D eigenvalue weighted by Gasteiger charge is -2.27. The van der Waals surface area contributed by atoms with Gasteiger partial charge in [-0.1, -0.05) is 0 Å². The van der Waals surface area contributed by atoms with E-state index in [9.17, 15) is 0 Å². The molecule has 0 atom stereocenters. The van der Waals surface area contributed by atoms with Crippen LogP contribution in [-0.2, 0) is 6.54 Å². The summed E-state index contributed by atoms with van der Waals surface area (Å²) in [6.07, 6.45) is 3.82. The highest BCUT2D eigenvalue weighted by Gasteiger charge is 2.10.